The van der Waals surface area contributed by atoms with Crippen LogP contribution in [-0.2, 0) is 19.1 Å². The van der Waals surface area contributed by atoms with Crippen LogP contribution in [0.1, 0.15) is 34.1 Å². The number of rotatable bonds is 9. The van der Waals surface area contributed by atoms with Gasteiger partial charge < -0.3 is 24.6 Å². The first-order valence-corrected chi connectivity index (χ1v) is 8.77. The van der Waals surface area contributed by atoms with E-state index in [0.717, 1.165) is 0 Å². The second-order valence-corrected chi connectivity index (χ2v) is 6.89. The van der Waals surface area contributed by atoms with E-state index in [9.17, 15) is 19.5 Å². The second-order valence-electron chi connectivity index (χ2n) is 6.89. The molecule has 0 saturated carbocycles. The maximum Gasteiger partial charge on any atom is 0.413 e. The van der Waals surface area contributed by atoms with Gasteiger partial charge in [0.15, 0.2) is 0 Å². The van der Waals surface area contributed by atoms with E-state index in [1.807, 2.05) is 27.7 Å². The van der Waals surface area contributed by atoms with Crippen molar-refractivity contribution >= 4 is 18.0 Å². The Morgan fingerprint density at radius 2 is 1.52 bits per heavy atom. The SMILES string of the molecule is CC(C)COC(=O)C[C@H](NC(=O)Oc1ccc(O)cc1)C(=O)OCC(C)C. The number of ether oxygens (including phenoxy) is 3. The summed E-state index contributed by atoms with van der Waals surface area (Å²) in [5.74, 6) is -0.931. The summed E-state index contributed by atoms with van der Waals surface area (Å²) in [6.07, 6.45) is -1.29. The summed E-state index contributed by atoms with van der Waals surface area (Å²) in [6, 6.07) is 4.24. The van der Waals surface area contributed by atoms with Crippen molar-refractivity contribution in [2.24, 2.45) is 11.8 Å². The molecule has 27 heavy (non-hydrogen) atoms. The standard InChI is InChI=1S/C19H27NO7/c1-12(2)10-25-17(22)9-16(18(23)26-11-13(3)4)20-19(24)27-15-7-5-14(21)6-8-15/h5-8,12-13,16,21H,9-11H2,1-4H3,(H,20,24)/t16-/m0/s1. The number of hydrogen-bond acceptors (Lipinski definition) is 7. The van der Waals surface area contributed by atoms with E-state index in [-0.39, 0.29) is 43.0 Å². The Balaban J connectivity index is 2.70. The number of carbonyl (C=O) groups is 3. The Bertz CT molecular complexity index is 625. The molecule has 0 radical (unpaired) electrons. The molecule has 1 atom stereocenters. The van der Waals surface area contributed by atoms with Crippen molar-refractivity contribution in [3.8, 4) is 11.5 Å². The summed E-state index contributed by atoms with van der Waals surface area (Å²) in [5.41, 5.74) is 0. The average Bonchev–Trinajstić information content (AvgIpc) is 2.59. The highest BCUT2D eigenvalue weighted by atomic mass is 16.6. The molecule has 2 N–H and O–H groups in total. The van der Waals surface area contributed by atoms with Gasteiger partial charge in [0.1, 0.15) is 17.5 Å². The van der Waals surface area contributed by atoms with Crippen LogP contribution in [0, 0.1) is 11.8 Å². The molecule has 1 amide bonds. The molecule has 0 aliphatic heterocycles. The average molecular weight is 381 g/mol. The van der Waals surface area contributed by atoms with Gasteiger partial charge in [0.25, 0.3) is 0 Å². The minimum atomic E-state index is -1.23. The van der Waals surface area contributed by atoms with Crippen LogP contribution in [0.5, 0.6) is 11.5 Å². The second kappa shape index (κ2) is 11.1. The van der Waals surface area contributed by atoms with Gasteiger partial charge in [-0.15, -0.1) is 0 Å². The number of phenolic OH excluding ortho intramolecular Hbond substituents is 1. The maximum atomic E-state index is 12.2. The molecule has 0 aliphatic rings. The molecule has 0 saturated heterocycles. The Morgan fingerprint density at radius 1 is 0.963 bits per heavy atom. The Kier molecular flexibility index (Phi) is 9.12. The summed E-state index contributed by atoms with van der Waals surface area (Å²) in [5, 5.41) is 11.6. The number of aromatic hydroxyl groups is 1. The van der Waals surface area contributed by atoms with Crippen LogP contribution in [0.25, 0.3) is 0 Å². The minimum absolute atomic E-state index is 0.0193. The fourth-order valence-electron chi connectivity index (χ4n) is 1.82. The van der Waals surface area contributed by atoms with Gasteiger partial charge in [-0.25, -0.2) is 9.59 Å². The van der Waals surface area contributed by atoms with Crippen molar-refractivity contribution in [2.45, 2.75) is 40.2 Å². The van der Waals surface area contributed by atoms with Gasteiger partial charge in [-0.2, -0.15) is 0 Å². The molecule has 0 aliphatic carbocycles. The number of esters is 2. The van der Waals surface area contributed by atoms with Crippen LogP contribution < -0.4 is 10.1 Å². The van der Waals surface area contributed by atoms with Gasteiger partial charge in [-0.1, -0.05) is 27.7 Å². The molecule has 1 aromatic carbocycles. The topological polar surface area (TPSA) is 111 Å². The number of phenols is 1. The van der Waals surface area contributed by atoms with E-state index in [0.29, 0.717) is 0 Å². The lowest BCUT2D eigenvalue weighted by molar-refractivity contribution is -0.153. The van der Waals surface area contributed by atoms with Crippen LogP contribution in [-0.4, -0.2) is 42.4 Å². The molecule has 0 bridgehead atoms. The summed E-state index contributed by atoms with van der Waals surface area (Å²) >= 11 is 0. The fourth-order valence-corrected chi connectivity index (χ4v) is 1.82. The molecular formula is C19H27NO7. The first-order chi connectivity index (χ1) is 12.7. The molecule has 0 unspecified atom stereocenters. The van der Waals surface area contributed by atoms with Gasteiger partial charge in [0.05, 0.1) is 19.6 Å². The van der Waals surface area contributed by atoms with E-state index in [4.69, 9.17) is 14.2 Å². The van der Waals surface area contributed by atoms with Crippen molar-refractivity contribution in [2.75, 3.05) is 13.2 Å². The fraction of sp³-hybridized carbons (Fsp3) is 0.526. The smallest absolute Gasteiger partial charge is 0.413 e. The normalized spacial score (nSPS) is 11.8. The zero-order valence-electron chi connectivity index (χ0n) is 16.1. The quantitative estimate of drug-likeness (QED) is 0.633. The number of nitrogens with one attached hydrogen (secondary N) is 1. The van der Waals surface area contributed by atoms with E-state index in [2.05, 4.69) is 5.32 Å². The third-order valence-corrected chi connectivity index (χ3v) is 3.13. The number of amides is 1. The molecule has 1 rings (SSSR count). The summed E-state index contributed by atoms with van der Waals surface area (Å²) in [7, 11) is 0. The Morgan fingerprint density at radius 3 is 2.07 bits per heavy atom. The monoisotopic (exact) mass is 381 g/mol. The summed E-state index contributed by atoms with van der Waals surface area (Å²) in [6.45, 7) is 7.87. The third kappa shape index (κ3) is 9.48. The molecule has 0 spiro atoms. The van der Waals surface area contributed by atoms with Gasteiger partial charge >= 0.3 is 18.0 Å². The van der Waals surface area contributed by atoms with Crippen molar-refractivity contribution in [1.82, 2.24) is 5.32 Å². The van der Waals surface area contributed by atoms with E-state index >= 15 is 0 Å². The van der Waals surface area contributed by atoms with Crippen molar-refractivity contribution in [3.63, 3.8) is 0 Å². The van der Waals surface area contributed by atoms with Gasteiger partial charge in [-0.05, 0) is 36.1 Å². The predicted octanol–water partition coefficient (Wildman–Crippen LogP) is 2.64. The maximum absolute atomic E-state index is 12.2. The number of carbonyl (C=O) groups excluding carboxylic acids is 3. The Hall–Kier alpha value is -2.77. The zero-order chi connectivity index (χ0) is 20.4. The van der Waals surface area contributed by atoms with E-state index in [1.54, 1.807) is 0 Å². The molecule has 0 fully saturated rings. The van der Waals surface area contributed by atoms with E-state index in [1.165, 1.54) is 24.3 Å². The zero-order valence-corrected chi connectivity index (χ0v) is 16.1. The van der Waals surface area contributed by atoms with Gasteiger partial charge in [0.2, 0.25) is 0 Å². The van der Waals surface area contributed by atoms with E-state index < -0.39 is 24.1 Å². The number of hydrogen-bond donors (Lipinski definition) is 2. The number of benzene rings is 1. The van der Waals surface area contributed by atoms with Crippen molar-refractivity contribution in [1.29, 1.82) is 0 Å². The van der Waals surface area contributed by atoms with Crippen molar-refractivity contribution < 1.29 is 33.7 Å². The first kappa shape index (κ1) is 22.3. The summed E-state index contributed by atoms with van der Waals surface area (Å²) in [4.78, 5) is 36.2. The highest BCUT2D eigenvalue weighted by molar-refractivity contribution is 5.86. The highest BCUT2D eigenvalue weighted by Crippen LogP contribution is 2.16. The van der Waals surface area contributed by atoms with Crippen LogP contribution in [0.2, 0.25) is 0 Å². The van der Waals surface area contributed by atoms with Gasteiger partial charge in [-0.3, -0.25) is 4.79 Å². The molecule has 8 nitrogen and oxygen atoms in total. The lowest BCUT2D eigenvalue weighted by atomic mass is 10.2. The molecule has 0 heterocycles. The van der Waals surface area contributed by atoms with Crippen molar-refractivity contribution in [3.05, 3.63) is 24.3 Å². The van der Waals surface area contributed by atoms with Crippen LogP contribution in [0.4, 0.5) is 4.79 Å². The van der Waals surface area contributed by atoms with Gasteiger partial charge in [0, 0.05) is 0 Å². The first-order valence-electron chi connectivity index (χ1n) is 8.77. The molecule has 0 aromatic heterocycles. The predicted molar refractivity (Wildman–Crippen MR) is 97.3 cm³/mol. The van der Waals surface area contributed by atoms with Crippen LogP contribution in [0.3, 0.4) is 0 Å². The lowest BCUT2D eigenvalue weighted by Crippen LogP contribution is -2.45. The summed E-state index contributed by atoms with van der Waals surface area (Å²) < 4.78 is 15.2. The molecule has 1 aromatic rings. The molecular weight excluding hydrogens is 354 g/mol. The van der Waals surface area contributed by atoms with Crippen LogP contribution >= 0.6 is 0 Å². The Labute approximate surface area is 158 Å². The van der Waals surface area contributed by atoms with Crippen LogP contribution in [0.15, 0.2) is 24.3 Å². The lowest BCUT2D eigenvalue weighted by Gasteiger charge is -2.18. The third-order valence-electron chi connectivity index (χ3n) is 3.13. The minimum Gasteiger partial charge on any atom is -0.508 e. The molecule has 8 heteroatoms. The largest absolute Gasteiger partial charge is 0.508 e. The molecule has 150 valence electrons. The highest BCUT2D eigenvalue weighted by Gasteiger charge is 2.27.